The second-order valence-electron chi connectivity index (χ2n) is 17.5. The number of benzene rings is 7. The molecule has 0 atom stereocenters. The Bertz CT molecular complexity index is 3460. The number of pyridine rings is 3. The summed E-state index contributed by atoms with van der Waals surface area (Å²) in [6.45, 7) is 3.39. The zero-order chi connectivity index (χ0) is 57.8. The summed E-state index contributed by atoms with van der Waals surface area (Å²) in [5.41, 5.74) is 12.6. The van der Waals surface area contributed by atoms with E-state index < -0.39 is 17.5 Å². The SMILES string of the molecule is Brc1ccc(-c2cc(-c3ccccc3)cc(-c3cc(-c4ccccc4)cc(-c4ccc(Br)cc4)n3)n2)cc1.CC(=O)O.CCO.N.O=C(/C=C/c1ccccc1)C(=O)/C=C/c1ccccc1.O=C(C[n+]1ccccc1)c1ccc(Br)cc1.[Br-]. The number of carboxylic acid groups (broad SMARTS) is 1. The number of Topliss-reactive ketones (excluding diaryl/α,β-unsaturated/α-hetero) is 1. The Morgan fingerprint density at radius 1 is 0.446 bits per heavy atom. The van der Waals surface area contributed by atoms with Gasteiger partial charge in [-0.25, -0.2) is 9.97 Å². The fourth-order valence-electron chi connectivity index (χ4n) is 7.52. The number of ketones is 3. The Morgan fingerprint density at radius 3 is 1.10 bits per heavy atom. The van der Waals surface area contributed by atoms with Crippen LogP contribution in [-0.2, 0) is 20.9 Å². The lowest BCUT2D eigenvalue weighted by atomic mass is 9.99. The number of hydrogen-bond acceptors (Lipinski definition) is 8. The monoisotopic (exact) mass is 1360 g/mol. The van der Waals surface area contributed by atoms with Crippen molar-refractivity contribution in [2.24, 2.45) is 0 Å². The van der Waals surface area contributed by atoms with Gasteiger partial charge in [-0.2, -0.15) is 4.57 Å². The molecule has 0 saturated heterocycles. The van der Waals surface area contributed by atoms with Crippen molar-refractivity contribution in [2.75, 3.05) is 6.61 Å². The second-order valence-corrected chi connectivity index (χ2v) is 20.3. The minimum atomic E-state index is -0.833. The van der Waals surface area contributed by atoms with Crippen molar-refractivity contribution in [1.29, 1.82) is 0 Å². The van der Waals surface area contributed by atoms with Gasteiger partial charge in [-0.15, -0.1) is 0 Å². The average Bonchev–Trinajstić information content (AvgIpc) is 3.60. The third kappa shape index (κ3) is 23.3. The first kappa shape index (κ1) is 67.3. The van der Waals surface area contributed by atoms with Crippen molar-refractivity contribution in [3.05, 3.63) is 291 Å². The molecule has 7 aromatic carbocycles. The number of allylic oxidation sites excluding steroid dienone is 2. The smallest absolute Gasteiger partial charge is 0.300 e. The molecule has 14 heteroatoms. The van der Waals surface area contributed by atoms with Crippen molar-refractivity contribution < 1.29 is 50.9 Å². The van der Waals surface area contributed by atoms with Crippen LogP contribution < -0.4 is 27.7 Å². The Kier molecular flexibility index (Phi) is 29.4. The van der Waals surface area contributed by atoms with Crippen LogP contribution >= 0.6 is 47.8 Å². The Balaban J connectivity index is 0.000000276. The third-order valence-corrected chi connectivity index (χ3v) is 13.0. The Labute approximate surface area is 520 Å². The van der Waals surface area contributed by atoms with E-state index in [1.54, 1.807) is 19.1 Å². The van der Waals surface area contributed by atoms with Crippen molar-refractivity contribution in [1.82, 2.24) is 16.1 Å². The van der Waals surface area contributed by atoms with Gasteiger partial charge in [0.2, 0.25) is 23.9 Å². The number of carbonyl (C=O) groups excluding carboxylic acids is 3. The molecule has 0 aliphatic rings. The highest BCUT2D eigenvalue weighted by Crippen LogP contribution is 2.34. The first-order chi connectivity index (χ1) is 39.3. The number of hydrogen-bond donors (Lipinski definition) is 3. The molecule has 420 valence electrons. The van der Waals surface area contributed by atoms with Crippen LogP contribution in [0.25, 0.3) is 68.3 Å². The second kappa shape index (κ2) is 36.3. The summed E-state index contributed by atoms with van der Waals surface area (Å²) in [6.07, 6.45) is 9.64. The van der Waals surface area contributed by atoms with E-state index >= 15 is 0 Å². The lowest BCUT2D eigenvalue weighted by Gasteiger charge is -2.13. The predicted octanol–water partition coefficient (Wildman–Crippen LogP) is 13.8. The fourth-order valence-corrected chi connectivity index (χ4v) is 8.32. The number of aromatic nitrogens is 3. The van der Waals surface area contributed by atoms with Crippen LogP contribution in [0.4, 0.5) is 0 Å². The van der Waals surface area contributed by atoms with E-state index in [4.69, 9.17) is 25.0 Å². The fraction of sp³-hybridized carbons (Fsp3) is 0.0580. The van der Waals surface area contributed by atoms with Crippen LogP contribution in [-0.4, -0.2) is 50.1 Å². The van der Waals surface area contributed by atoms with Gasteiger partial charge in [0, 0.05) is 55.8 Å². The van der Waals surface area contributed by atoms with Crippen LogP contribution in [0.1, 0.15) is 35.3 Å². The van der Waals surface area contributed by atoms with Gasteiger partial charge in [-0.05, 0) is 113 Å². The molecule has 0 fully saturated rings. The van der Waals surface area contributed by atoms with Crippen LogP contribution in [0.3, 0.4) is 0 Å². The number of aliphatic carboxylic acids is 1. The van der Waals surface area contributed by atoms with E-state index in [1.807, 2.05) is 156 Å². The molecule has 0 aliphatic carbocycles. The van der Waals surface area contributed by atoms with Gasteiger partial charge in [0.15, 0.2) is 12.4 Å². The van der Waals surface area contributed by atoms with Gasteiger partial charge < -0.3 is 33.3 Å². The minimum Gasteiger partial charge on any atom is -1.00 e. The Hall–Kier alpha value is -8.21. The molecule has 83 heavy (non-hydrogen) atoms. The summed E-state index contributed by atoms with van der Waals surface area (Å²) in [4.78, 5) is 54.4. The summed E-state index contributed by atoms with van der Waals surface area (Å²) < 4.78 is 4.93. The van der Waals surface area contributed by atoms with E-state index in [9.17, 15) is 14.4 Å². The maximum absolute atomic E-state index is 11.9. The van der Waals surface area contributed by atoms with Gasteiger partial charge in [-0.1, -0.05) is 224 Å². The zero-order valence-electron chi connectivity index (χ0n) is 45.5. The molecule has 3 aromatic heterocycles. The summed E-state index contributed by atoms with van der Waals surface area (Å²) in [5.74, 6) is -1.77. The molecule has 0 spiro atoms. The molecule has 10 nitrogen and oxygen atoms in total. The molecule has 0 bridgehead atoms. The van der Waals surface area contributed by atoms with Crippen molar-refractivity contribution in [3.8, 4) is 56.2 Å². The molecule has 3 heterocycles. The molecule has 0 unspecified atom stereocenters. The molecular weight excluding hydrogens is 1300 g/mol. The highest BCUT2D eigenvalue weighted by molar-refractivity contribution is 9.11. The molecule has 5 N–H and O–H groups in total. The molecule has 10 rings (SSSR count). The predicted molar refractivity (Wildman–Crippen MR) is 342 cm³/mol. The number of rotatable bonds is 13. The zero-order valence-corrected chi connectivity index (χ0v) is 51.8. The first-order valence-electron chi connectivity index (χ1n) is 25.5. The lowest BCUT2D eigenvalue weighted by molar-refractivity contribution is -0.683. The van der Waals surface area contributed by atoms with E-state index in [0.29, 0.717) is 6.54 Å². The molecule has 0 radical (unpaired) electrons. The standard InChI is InChI=1S/C34H22Br2N2.C18H14O2.C13H11BrNO.C2H4O2.C2H6O.BrH.H3N/c35-29-15-11-25(12-16-29)31-19-27(23-7-3-1-4-8-23)21-33(37-31)34-22-28(24-9-5-2-6-10-24)20-32(38-34)26-13-17-30(36)18-14-26;19-17(13-11-15-7-3-1-4-8-15)18(20)14-12-16-9-5-2-6-10-16;14-12-6-4-11(5-7-12)13(16)10-15-8-2-1-3-9-15;1-2(3)4;1-2-3;;/h1-22H;1-14H;1-9H,10H2;1H3,(H,3,4);3H,2H2,1H3;1H;1H3/q;;+1;;;;/p-1/b;13-11+,14-12+;;;;;. The van der Waals surface area contributed by atoms with Gasteiger partial charge in [0.1, 0.15) is 0 Å². The highest BCUT2D eigenvalue weighted by Gasteiger charge is 2.15. The van der Waals surface area contributed by atoms with E-state index in [-0.39, 0.29) is 35.5 Å². The van der Waals surface area contributed by atoms with Gasteiger partial charge in [0.25, 0.3) is 5.97 Å². The largest absolute Gasteiger partial charge is 1.00 e. The molecule has 0 aliphatic heterocycles. The minimum absolute atomic E-state index is 0. The molecular formula is C69H60Br4N4O6. The van der Waals surface area contributed by atoms with E-state index in [1.165, 1.54) is 12.2 Å². The summed E-state index contributed by atoms with van der Waals surface area (Å²) >= 11 is 10.4. The van der Waals surface area contributed by atoms with Gasteiger partial charge in [0.05, 0.1) is 22.8 Å². The normalized spacial score (nSPS) is 10.1. The molecule has 0 amide bonds. The summed E-state index contributed by atoms with van der Waals surface area (Å²) in [5, 5.41) is 15.0. The van der Waals surface area contributed by atoms with Gasteiger partial charge >= 0.3 is 0 Å². The van der Waals surface area contributed by atoms with Crippen LogP contribution in [0.5, 0.6) is 0 Å². The number of aliphatic hydroxyl groups excluding tert-OH is 1. The lowest BCUT2D eigenvalue weighted by Crippen LogP contribution is -3.00. The Morgan fingerprint density at radius 2 is 0.747 bits per heavy atom. The molecule has 10 aromatic rings. The number of carbonyl (C=O) groups is 4. The quantitative estimate of drug-likeness (QED) is 0.0439. The van der Waals surface area contributed by atoms with Gasteiger partial charge in [-0.3, -0.25) is 19.2 Å². The van der Waals surface area contributed by atoms with Crippen molar-refractivity contribution >= 4 is 83.3 Å². The highest BCUT2D eigenvalue weighted by atomic mass is 79.9. The average molecular weight is 1360 g/mol. The maximum Gasteiger partial charge on any atom is 0.300 e. The summed E-state index contributed by atoms with van der Waals surface area (Å²) in [7, 11) is 0. The van der Waals surface area contributed by atoms with E-state index in [0.717, 1.165) is 93.2 Å². The maximum atomic E-state index is 11.9. The number of aliphatic hydroxyl groups is 1. The number of carboxylic acids is 1. The topological polar surface area (TPSA) is 173 Å². The van der Waals surface area contributed by atoms with Crippen molar-refractivity contribution in [2.45, 2.75) is 20.4 Å². The molecule has 0 saturated carbocycles. The van der Waals surface area contributed by atoms with Crippen LogP contribution in [0.2, 0.25) is 0 Å². The van der Waals surface area contributed by atoms with Crippen LogP contribution in [0.15, 0.2) is 275 Å². The third-order valence-electron chi connectivity index (χ3n) is 11.4. The van der Waals surface area contributed by atoms with E-state index in [2.05, 4.69) is 145 Å². The van der Waals surface area contributed by atoms with Crippen LogP contribution in [0, 0.1) is 0 Å². The summed E-state index contributed by atoms with van der Waals surface area (Å²) in [6, 6.07) is 77.9. The van der Waals surface area contributed by atoms with Crippen molar-refractivity contribution in [3.63, 3.8) is 0 Å². The number of nitrogens with zero attached hydrogens (tertiary/aromatic N) is 3. The first-order valence-corrected chi connectivity index (χ1v) is 27.9. The number of halogens is 4.